The minimum absolute atomic E-state index is 0.0535. The molecule has 0 aliphatic heterocycles. The van der Waals surface area contributed by atoms with Crippen LogP contribution in [0.15, 0.2) is 22.9 Å². The number of hydrogen-bond acceptors (Lipinski definition) is 5. The van der Waals surface area contributed by atoms with Gasteiger partial charge in [0.2, 0.25) is 11.7 Å². The molecule has 24 heavy (non-hydrogen) atoms. The summed E-state index contributed by atoms with van der Waals surface area (Å²) < 4.78 is 32.3. The Morgan fingerprint density at radius 3 is 2.46 bits per heavy atom. The highest BCUT2D eigenvalue weighted by Crippen LogP contribution is 2.45. The van der Waals surface area contributed by atoms with Gasteiger partial charge in [-0.05, 0) is 38.8 Å². The Morgan fingerprint density at radius 1 is 1.21 bits per heavy atom. The standard InChI is InChI=1S/C17H22F2N4O/c1-3-23(4-2)13-8-7-12(11-20-13)14-21-16(24-22-14)17(15(18)19)9-5-6-10-17/h7-8,11,15H,3-6,9-10H2,1-2H3. The summed E-state index contributed by atoms with van der Waals surface area (Å²) >= 11 is 0. The average molecular weight is 336 g/mol. The van der Waals surface area contributed by atoms with Crippen molar-refractivity contribution in [1.82, 2.24) is 15.1 Å². The fourth-order valence-corrected chi connectivity index (χ4v) is 3.33. The summed E-state index contributed by atoms with van der Waals surface area (Å²) in [5.74, 6) is 1.24. The normalized spacial score (nSPS) is 16.7. The van der Waals surface area contributed by atoms with E-state index in [1.807, 2.05) is 12.1 Å². The first-order valence-corrected chi connectivity index (χ1v) is 8.44. The van der Waals surface area contributed by atoms with Gasteiger partial charge in [0, 0.05) is 24.8 Å². The highest BCUT2D eigenvalue weighted by Gasteiger charge is 2.48. The molecule has 0 amide bonds. The van der Waals surface area contributed by atoms with Gasteiger partial charge in [0.05, 0.1) is 0 Å². The van der Waals surface area contributed by atoms with Crippen LogP contribution >= 0.6 is 0 Å². The van der Waals surface area contributed by atoms with Crippen LogP contribution in [-0.4, -0.2) is 34.6 Å². The smallest absolute Gasteiger partial charge is 0.252 e. The van der Waals surface area contributed by atoms with Gasteiger partial charge < -0.3 is 9.42 Å². The molecule has 2 aromatic rings. The predicted molar refractivity (Wildman–Crippen MR) is 87.2 cm³/mol. The molecule has 1 fully saturated rings. The molecule has 0 bridgehead atoms. The van der Waals surface area contributed by atoms with Crippen molar-refractivity contribution in [1.29, 1.82) is 0 Å². The van der Waals surface area contributed by atoms with Crippen LogP contribution in [0.4, 0.5) is 14.6 Å². The zero-order chi connectivity index (χ0) is 17.2. The molecule has 3 rings (SSSR count). The fraction of sp³-hybridized carbons (Fsp3) is 0.588. The number of nitrogens with zero attached hydrogens (tertiary/aromatic N) is 4. The number of halogens is 2. The second-order valence-electron chi connectivity index (χ2n) is 6.16. The lowest BCUT2D eigenvalue weighted by Gasteiger charge is -2.22. The van der Waals surface area contributed by atoms with Crippen molar-refractivity contribution in [3.05, 3.63) is 24.2 Å². The maximum Gasteiger partial charge on any atom is 0.252 e. The minimum Gasteiger partial charge on any atom is -0.357 e. The van der Waals surface area contributed by atoms with E-state index in [1.54, 1.807) is 6.20 Å². The van der Waals surface area contributed by atoms with Gasteiger partial charge in [-0.3, -0.25) is 0 Å². The number of aromatic nitrogens is 3. The number of hydrogen-bond donors (Lipinski definition) is 0. The highest BCUT2D eigenvalue weighted by molar-refractivity contribution is 5.56. The third-order valence-electron chi connectivity index (χ3n) is 4.86. The summed E-state index contributed by atoms with van der Waals surface area (Å²) in [7, 11) is 0. The third-order valence-corrected chi connectivity index (χ3v) is 4.86. The topological polar surface area (TPSA) is 55.1 Å². The van der Waals surface area contributed by atoms with Crippen molar-refractivity contribution in [2.75, 3.05) is 18.0 Å². The van der Waals surface area contributed by atoms with Crippen molar-refractivity contribution >= 4 is 5.82 Å². The summed E-state index contributed by atoms with van der Waals surface area (Å²) in [5.41, 5.74) is -0.608. The van der Waals surface area contributed by atoms with Gasteiger partial charge in [-0.2, -0.15) is 4.98 Å². The van der Waals surface area contributed by atoms with E-state index in [-0.39, 0.29) is 5.89 Å². The highest BCUT2D eigenvalue weighted by atomic mass is 19.3. The Balaban J connectivity index is 1.85. The number of pyridine rings is 1. The van der Waals surface area contributed by atoms with E-state index in [1.165, 1.54) is 0 Å². The monoisotopic (exact) mass is 336 g/mol. The first-order chi connectivity index (χ1) is 11.6. The van der Waals surface area contributed by atoms with Gasteiger partial charge in [-0.15, -0.1) is 0 Å². The van der Waals surface area contributed by atoms with E-state index in [4.69, 9.17) is 4.52 Å². The van der Waals surface area contributed by atoms with E-state index >= 15 is 0 Å². The molecule has 130 valence electrons. The van der Waals surface area contributed by atoms with Crippen LogP contribution in [0.2, 0.25) is 0 Å². The van der Waals surface area contributed by atoms with E-state index < -0.39 is 11.8 Å². The molecule has 0 unspecified atom stereocenters. The lowest BCUT2D eigenvalue weighted by atomic mass is 9.86. The van der Waals surface area contributed by atoms with Crippen LogP contribution in [0.25, 0.3) is 11.4 Å². The van der Waals surface area contributed by atoms with Gasteiger partial charge in [0.15, 0.2) is 0 Å². The first kappa shape index (κ1) is 16.8. The van der Waals surface area contributed by atoms with Crippen molar-refractivity contribution in [2.45, 2.75) is 51.4 Å². The molecule has 7 heteroatoms. The molecule has 0 atom stereocenters. The maximum absolute atomic E-state index is 13.6. The summed E-state index contributed by atoms with van der Waals surface area (Å²) in [6.45, 7) is 5.87. The van der Waals surface area contributed by atoms with E-state index in [0.29, 0.717) is 24.2 Å². The molecule has 2 aromatic heterocycles. The molecule has 1 aliphatic rings. The molecule has 1 aliphatic carbocycles. The second kappa shape index (κ2) is 6.83. The Bertz CT molecular complexity index is 661. The number of anilines is 1. The van der Waals surface area contributed by atoms with Crippen molar-refractivity contribution in [3.63, 3.8) is 0 Å². The van der Waals surface area contributed by atoms with Crippen molar-refractivity contribution < 1.29 is 13.3 Å². The zero-order valence-corrected chi connectivity index (χ0v) is 14.0. The van der Waals surface area contributed by atoms with Gasteiger partial charge in [0.25, 0.3) is 6.43 Å². The molecule has 0 aromatic carbocycles. The van der Waals surface area contributed by atoms with E-state index in [2.05, 4.69) is 33.9 Å². The van der Waals surface area contributed by atoms with Gasteiger partial charge in [-0.1, -0.05) is 18.0 Å². The Kier molecular flexibility index (Phi) is 4.78. The second-order valence-corrected chi connectivity index (χ2v) is 6.16. The minimum atomic E-state index is -2.49. The van der Waals surface area contributed by atoms with Crippen LogP contribution in [-0.2, 0) is 5.41 Å². The number of rotatable bonds is 6. The lowest BCUT2D eigenvalue weighted by Crippen LogP contribution is -2.31. The molecule has 5 nitrogen and oxygen atoms in total. The molecular formula is C17H22F2N4O. The van der Waals surface area contributed by atoms with Gasteiger partial charge in [-0.25, -0.2) is 13.8 Å². The van der Waals surface area contributed by atoms with E-state index in [0.717, 1.165) is 31.7 Å². The molecule has 2 heterocycles. The van der Waals surface area contributed by atoms with Crippen LogP contribution in [0.5, 0.6) is 0 Å². The first-order valence-electron chi connectivity index (χ1n) is 8.44. The molecule has 0 saturated heterocycles. The SMILES string of the molecule is CCN(CC)c1ccc(-c2noc(C3(C(F)F)CCCC3)n2)cn1. The van der Waals surface area contributed by atoms with Crippen LogP contribution < -0.4 is 4.90 Å². The molecule has 0 N–H and O–H groups in total. The molecular weight excluding hydrogens is 314 g/mol. The maximum atomic E-state index is 13.6. The zero-order valence-electron chi connectivity index (χ0n) is 14.0. The molecule has 0 radical (unpaired) electrons. The van der Waals surface area contributed by atoms with Gasteiger partial charge >= 0.3 is 0 Å². The van der Waals surface area contributed by atoms with Crippen LogP contribution in [0, 0.1) is 0 Å². The molecule has 1 saturated carbocycles. The fourth-order valence-electron chi connectivity index (χ4n) is 3.33. The average Bonchev–Trinajstić information content (AvgIpc) is 3.27. The Morgan fingerprint density at radius 2 is 1.92 bits per heavy atom. The third kappa shape index (κ3) is 2.87. The van der Waals surface area contributed by atoms with Gasteiger partial charge in [0.1, 0.15) is 11.2 Å². The van der Waals surface area contributed by atoms with Crippen LogP contribution in [0.1, 0.15) is 45.4 Å². The quantitative estimate of drug-likeness (QED) is 0.796. The van der Waals surface area contributed by atoms with E-state index in [9.17, 15) is 8.78 Å². The summed E-state index contributed by atoms with van der Waals surface area (Å²) in [4.78, 5) is 10.8. The lowest BCUT2D eigenvalue weighted by molar-refractivity contribution is 0.0328. The van der Waals surface area contributed by atoms with Crippen molar-refractivity contribution in [3.8, 4) is 11.4 Å². The Labute approximate surface area is 140 Å². The summed E-state index contributed by atoms with van der Waals surface area (Å²) in [6, 6.07) is 3.73. The van der Waals surface area contributed by atoms with Crippen molar-refractivity contribution in [2.24, 2.45) is 0 Å². The number of alkyl halides is 2. The molecule has 0 spiro atoms. The summed E-state index contributed by atoms with van der Waals surface area (Å²) in [6.07, 6.45) is 1.49. The van der Waals surface area contributed by atoms with Crippen LogP contribution in [0.3, 0.4) is 0 Å². The largest absolute Gasteiger partial charge is 0.357 e. The predicted octanol–water partition coefficient (Wildman–Crippen LogP) is 4.05. The Hall–Kier alpha value is -2.05. The summed E-state index contributed by atoms with van der Waals surface area (Å²) in [5, 5.41) is 3.90.